The first-order valence-corrected chi connectivity index (χ1v) is 8.00. The lowest BCUT2D eigenvalue weighted by Crippen LogP contribution is -2.30. The van der Waals surface area contributed by atoms with E-state index in [4.69, 9.17) is 5.84 Å². The first-order chi connectivity index (χ1) is 10.3. The number of amides is 1. The number of nitrogens with zero attached hydrogens (tertiary/aromatic N) is 1. The summed E-state index contributed by atoms with van der Waals surface area (Å²) in [6.07, 6.45) is 2.54. The molecule has 3 N–H and O–H groups in total. The average molecular weight is 301 g/mol. The average Bonchev–Trinajstić information content (AvgIpc) is 3.24. The normalized spacial score (nSPS) is 14.4. The Hall–Kier alpha value is -1.69. The summed E-state index contributed by atoms with van der Waals surface area (Å²) in [5, 5.41) is 2.12. The maximum atomic E-state index is 11.6. The van der Waals surface area contributed by atoms with E-state index in [1.165, 1.54) is 17.7 Å². The highest BCUT2D eigenvalue weighted by molar-refractivity contribution is 7.09. The van der Waals surface area contributed by atoms with Crippen LogP contribution in [0.4, 0.5) is 0 Å². The molecule has 0 unspecified atom stereocenters. The maximum absolute atomic E-state index is 11.6. The van der Waals surface area contributed by atoms with Gasteiger partial charge in [-0.3, -0.25) is 15.1 Å². The summed E-state index contributed by atoms with van der Waals surface area (Å²) in [4.78, 5) is 15.5. The van der Waals surface area contributed by atoms with Gasteiger partial charge in [-0.05, 0) is 42.0 Å². The molecule has 5 heteroatoms. The van der Waals surface area contributed by atoms with E-state index < -0.39 is 0 Å². The molecule has 110 valence electrons. The van der Waals surface area contributed by atoms with Gasteiger partial charge < -0.3 is 0 Å². The van der Waals surface area contributed by atoms with E-state index in [1.807, 2.05) is 12.1 Å². The number of rotatable bonds is 6. The van der Waals surface area contributed by atoms with Crippen molar-refractivity contribution in [2.24, 2.45) is 5.84 Å². The summed E-state index contributed by atoms with van der Waals surface area (Å²) in [7, 11) is 0. The molecule has 0 bridgehead atoms. The molecule has 1 saturated carbocycles. The maximum Gasteiger partial charge on any atom is 0.265 e. The lowest BCUT2D eigenvalue weighted by molar-refractivity contribution is 0.0953. The van der Waals surface area contributed by atoms with Gasteiger partial charge in [0.25, 0.3) is 5.91 Å². The van der Waals surface area contributed by atoms with Gasteiger partial charge in [0, 0.05) is 29.6 Å². The quantitative estimate of drug-likeness (QED) is 0.490. The highest BCUT2D eigenvalue weighted by Gasteiger charge is 2.29. The number of hydrogen-bond acceptors (Lipinski definition) is 4. The van der Waals surface area contributed by atoms with Crippen LogP contribution < -0.4 is 11.3 Å². The molecule has 1 aliphatic carbocycles. The van der Waals surface area contributed by atoms with Crippen LogP contribution in [0.3, 0.4) is 0 Å². The number of hydrogen-bond donors (Lipinski definition) is 2. The molecular formula is C16H19N3OS. The van der Waals surface area contributed by atoms with Gasteiger partial charge in [0.1, 0.15) is 0 Å². The number of hydrazine groups is 1. The Morgan fingerprint density at radius 1 is 1.29 bits per heavy atom. The standard InChI is InChI=1S/C16H19N3OS/c17-18-16(20)13-4-1-3-12(9-13)10-19(14-6-7-14)11-15-5-2-8-21-15/h1-5,8-9,14H,6-7,10-11,17H2,(H,18,20). The highest BCUT2D eigenvalue weighted by Crippen LogP contribution is 2.30. The van der Waals surface area contributed by atoms with Crippen molar-refractivity contribution in [3.8, 4) is 0 Å². The van der Waals surface area contributed by atoms with Gasteiger partial charge in [0.05, 0.1) is 0 Å². The monoisotopic (exact) mass is 301 g/mol. The third-order valence-electron chi connectivity index (χ3n) is 3.71. The van der Waals surface area contributed by atoms with Crippen LogP contribution in [-0.2, 0) is 13.1 Å². The highest BCUT2D eigenvalue weighted by atomic mass is 32.1. The Labute approximate surface area is 128 Å². The van der Waals surface area contributed by atoms with Crippen molar-refractivity contribution in [3.63, 3.8) is 0 Å². The van der Waals surface area contributed by atoms with Crippen LogP contribution in [0.15, 0.2) is 41.8 Å². The lowest BCUT2D eigenvalue weighted by atomic mass is 10.1. The molecule has 1 heterocycles. The molecule has 1 fully saturated rings. The number of nitrogens with one attached hydrogen (secondary N) is 1. The van der Waals surface area contributed by atoms with E-state index in [-0.39, 0.29) is 5.91 Å². The van der Waals surface area contributed by atoms with E-state index >= 15 is 0 Å². The zero-order chi connectivity index (χ0) is 14.7. The van der Waals surface area contributed by atoms with Crippen molar-refractivity contribution in [3.05, 3.63) is 57.8 Å². The van der Waals surface area contributed by atoms with Crippen molar-refractivity contribution in [2.75, 3.05) is 0 Å². The summed E-state index contributed by atoms with van der Waals surface area (Å²) < 4.78 is 0. The van der Waals surface area contributed by atoms with Crippen LogP contribution in [0.5, 0.6) is 0 Å². The van der Waals surface area contributed by atoms with Crippen LogP contribution in [0.1, 0.15) is 33.6 Å². The number of carbonyl (C=O) groups excluding carboxylic acids is 1. The van der Waals surface area contributed by atoms with Crippen LogP contribution in [0.25, 0.3) is 0 Å². The summed E-state index contributed by atoms with van der Waals surface area (Å²) in [6.45, 7) is 1.85. The molecule has 4 nitrogen and oxygen atoms in total. The van der Waals surface area contributed by atoms with Gasteiger partial charge in [0.15, 0.2) is 0 Å². The van der Waals surface area contributed by atoms with Crippen molar-refractivity contribution in [2.45, 2.75) is 32.0 Å². The molecule has 1 amide bonds. The molecular weight excluding hydrogens is 282 g/mol. The smallest absolute Gasteiger partial charge is 0.265 e. The van der Waals surface area contributed by atoms with Gasteiger partial charge in [-0.1, -0.05) is 18.2 Å². The molecule has 1 aromatic heterocycles. The van der Waals surface area contributed by atoms with Crippen molar-refractivity contribution < 1.29 is 4.79 Å². The third kappa shape index (κ3) is 3.69. The van der Waals surface area contributed by atoms with E-state index in [9.17, 15) is 4.79 Å². The molecule has 0 spiro atoms. The van der Waals surface area contributed by atoms with Crippen LogP contribution in [-0.4, -0.2) is 16.8 Å². The second-order valence-corrected chi connectivity index (χ2v) is 6.42. The topological polar surface area (TPSA) is 58.4 Å². The van der Waals surface area contributed by atoms with Gasteiger partial charge in [-0.2, -0.15) is 0 Å². The number of benzene rings is 1. The van der Waals surface area contributed by atoms with E-state index in [0.29, 0.717) is 11.6 Å². The number of carbonyl (C=O) groups is 1. The number of nitrogen functional groups attached to an aromatic ring is 1. The van der Waals surface area contributed by atoms with Gasteiger partial charge in [-0.25, -0.2) is 5.84 Å². The predicted octanol–water partition coefficient (Wildman–Crippen LogP) is 2.52. The summed E-state index contributed by atoms with van der Waals surface area (Å²) in [5.41, 5.74) is 3.95. The fraction of sp³-hybridized carbons (Fsp3) is 0.312. The fourth-order valence-corrected chi connectivity index (χ4v) is 3.21. The van der Waals surface area contributed by atoms with E-state index in [0.717, 1.165) is 18.7 Å². The molecule has 0 atom stereocenters. The van der Waals surface area contributed by atoms with Crippen LogP contribution in [0.2, 0.25) is 0 Å². The molecule has 3 rings (SSSR count). The van der Waals surface area contributed by atoms with Crippen LogP contribution in [0, 0.1) is 0 Å². The van der Waals surface area contributed by atoms with Crippen molar-refractivity contribution >= 4 is 17.2 Å². The number of nitrogens with two attached hydrogens (primary N) is 1. The molecule has 1 aliphatic rings. The third-order valence-corrected chi connectivity index (χ3v) is 4.57. The van der Waals surface area contributed by atoms with E-state index in [1.54, 1.807) is 17.4 Å². The second kappa shape index (κ2) is 6.39. The summed E-state index contributed by atoms with van der Waals surface area (Å²) in [5.74, 6) is 4.95. The SMILES string of the molecule is NNC(=O)c1cccc(CN(Cc2cccs2)C2CC2)c1. The zero-order valence-electron chi connectivity index (χ0n) is 11.8. The first-order valence-electron chi connectivity index (χ1n) is 7.12. The Morgan fingerprint density at radius 2 is 2.14 bits per heavy atom. The van der Waals surface area contributed by atoms with Crippen molar-refractivity contribution in [1.82, 2.24) is 10.3 Å². The molecule has 0 aliphatic heterocycles. The Bertz CT molecular complexity index is 608. The van der Waals surface area contributed by atoms with Crippen LogP contribution >= 0.6 is 11.3 Å². The number of thiophene rings is 1. The molecule has 0 radical (unpaired) electrons. The largest absolute Gasteiger partial charge is 0.291 e. The minimum Gasteiger partial charge on any atom is -0.291 e. The van der Waals surface area contributed by atoms with Crippen molar-refractivity contribution in [1.29, 1.82) is 0 Å². The molecule has 2 aromatic rings. The second-order valence-electron chi connectivity index (χ2n) is 5.39. The fourth-order valence-electron chi connectivity index (χ4n) is 2.49. The molecule has 0 saturated heterocycles. The summed E-state index contributed by atoms with van der Waals surface area (Å²) >= 11 is 1.80. The van der Waals surface area contributed by atoms with Gasteiger partial charge in [-0.15, -0.1) is 11.3 Å². The molecule has 1 aromatic carbocycles. The Kier molecular flexibility index (Phi) is 4.34. The minimum atomic E-state index is -0.243. The summed E-state index contributed by atoms with van der Waals surface area (Å²) in [6, 6.07) is 12.6. The Balaban J connectivity index is 1.72. The predicted molar refractivity (Wildman–Crippen MR) is 84.7 cm³/mol. The zero-order valence-corrected chi connectivity index (χ0v) is 12.6. The Morgan fingerprint density at radius 3 is 2.81 bits per heavy atom. The minimum absolute atomic E-state index is 0.243. The first kappa shape index (κ1) is 14.3. The van der Waals surface area contributed by atoms with Gasteiger partial charge in [0.2, 0.25) is 0 Å². The van der Waals surface area contributed by atoms with Gasteiger partial charge >= 0.3 is 0 Å². The molecule has 21 heavy (non-hydrogen) atoms. The lowest BCUT2D eigenvalue weighted by Gasteiger charge is -2.21. The van der Waals surface area contributed by atoms with E-state index in [2.05, 4.69) is 33.9 Å².